The van der Waals surface area contributed by atoms with Crippen LogP contribution in [0, 0.1) is 0 Å². The van der Waals surface area contributed by atoms with E-state index in [0.717, 1.165) is 18.6 Å². The van der Waals surface area contributed by atoms with Crippen LogP contribution in [0.15, 0.2) is 36.4 Å². The van der Waals surface area contributed by atoms with Gasteiger partial charge in [-0.25, -0.2) is 0 Å². The first-order valence-corrected chi connectivity index (χ1v) is 7.95. The Morgan fingerprint density at radius 3 is 2.38 bits per heavy atom. The predicted octanol–water partition coefficient (Wildman–Crippen LogP) is 3.21. The minimum absolute atomic E-state index is 0.0433. The van der Waals surface area contributed by atoms with Gasteiger partial charge in [0.15, 0.2) is 6.61 Å². The number of methoxy groups -OCH3 is 2. The molecule has 0 saturated carbocycles. The summed E-state index contributed by atoms with van der Waals surface area (Å²) in [7, 11) is 3.13. The van der Waals surface area contributed by atoms with Gasteiger partial charge in [-0.3, -0.25) is 4.79 Å². The summed E-state index contributed by atoms with van der Waals surface area (Å²) in [6.07, 6.45) is 3.41. The molecule has 2 aromatic rings. The van der Waals surface area contributed by atoms with Crippen LogP contribution in [0.4, 0.5) is 5.69 Å². The molecule has 1 N–H and O–H groups in total. The van der Waals surface area contributed by atoms with Crippen LogP contribution < -0.4 is 19.5 Å². The quantitative estimate of drug-likeness (QED) is 0.885. The molecule has 1 aliphatic carbocycles. The highest BCUT2D eigenvalue weighted by Gasteiger charge is 2.12. The van der Waals surface area contributed by atoms with Gasteiger partial charge in [0.25, 0.3) is 5.91 Å². The number of ether oxygens (including phenoxy) is 3. The Balaban J connectivity index is 1.59. The van der Waals surface area contributed by atoms with Gasteiger partial charge in [0, 0.05) is 23.9 Å². The highest BCUT2D eigenvalue weighted by Crippen LogP contribution is 2.27. The Labute approximate surface area is 141 Å². The third-order valence-electron chi connectivity index (χ3n) is 4.08. The third kappa shape index (κ3) is 3.79. The molecule has 1 aliphatic rings. The molecule has 3 rings (SSSR count). The van der Waals surface area contributed by atoms with Crippen molar-refractivity contribution < 1.29 is 19.0 Å². The Hall–Kier alpha value is -2.69. The smallest absolute Gasteiger partial charge is 0.262 e. The number of benzene rings is 2. The molecule has 0 saturated heterocycles. The van der Waals surface area contributed by atoms with Gasteiger partial charge in [-0.2, -0.15) is 0 Å². The SMILES string of the molecule is COc1cc(NC(=O)COc2ccc3c(c2)CCC3)cc(OC)c1. The Kier molecular flexibility index (Phi) is 4.89. The molecule has 2 aromatic carbocycles. The van der Waals surface area contributed by atoms with E-state index in [1.165, 1.54) is 17.5 Å². The molecular weight excluding hydrogens is 306 g/mol. The van der Waals surface area contributed by atoms with Gasteiger partial charge in [0.2, 0.25) is 0 Å². The van der Waals surface area contributed by atoms with Crippen molar-refractivity contribution in [2.75, 3.05) is 26.1 Å². The monoisotopic (exact) mass is 327 g/mol. The fourth-order valence-electron chi connectivity index (χ4n) is 2.86. The van der Waals surface area contributed by atoms with Gasteiger partial charge in [-0.1, -0.05) is 6.07 Å². The van der Waals surface area contributed by atoms with Crippen molar-refractivity contribution in [1.29, 1.82) is 0 Å². The van der Waals surface area contributed by atoms with E-state index in [0.29, 0.717) is 17.2 Å². The first-order chi connectivity index (χ1) is 11.7. The molecule has 0 atom stereocenters. The summed E-state index contributed by atoms with van der Waals surface area (Å²) < 4.78 is 16.0. The van der Waals surface area contributed by atoms with Gasteiger partial charge >= 0.3 is 0 Å². The number of anilines is 1. The van der Waals surface area contributed by atoms with Crippen molar-refractivity contribution in [3.63, 3.8) is 0 Å². The minimum Gasteiger partial charge on any atom is -0.497 e. The maximum atomic E-state index is 12.1. The van der Waals surface area contributed by atoms with Gasteiger partial charge in [-0.05, 0) is 42.5 Å². The first-order valence-electron chi connectivity index (χ1n) is 7.95. The van der Waals surface area contributed by atoms with Crippen LogP contribution in [0.5, 0.6) is 17.2 Å². The fraction of sp³-hybridized carbons (Fsp3) is 0.316. The topological polar surface area (TPSA) is 56.8 Å². The van der Waals surface area contributed by atoms with Crippen LogP contribution in [-0.4, -0.2) is 26.7 Å². The predicted molar refractivity (Wildman–Crippen MR) is 92.1 cm³/mol. The zero-order valence-corrected chi connectivity index (χ0v) is 13.9. The molecule has 24 heavy (non-hydrogen) atoms. The van der Waals surface area contributed by atoms with E-state index in [4.69, 9.17) is 14.2 Å². The lowest BCUT2D eigenvalue weighted by atomic mass is 10.1. The summed E-state index contributed by atoms with van der Waals surface area (Å²) in [6, 6.07) is 11.3. The van der Waals surface area contributed by atoms with E-state index in [9.17, 15) is 4.79 Å². The third-order valence-corrected chi connectivity index (χ3v) is 4.08. The molecule has 0 unspecified atom stereocenters. The normalized spacial score (nSPS) is 12.4. The standard InChI is InChI=1S/C19H21NO4/c1-22-17-9-15(10-18(11-17)23-2)20-19(21)12-24-16-7-6-13-4-3-5-14(13)8-16/h6-11H,3-5,12H2,1-2H3,(H,20,21). The largest absolute Gasteiger partial charge is 0.497 e. The van der Waals surface area contributed by atoms with E-state index in [2.05, 4.69) is 11.4 Å². The van der Waals surface area contributed by atoms with Gasteiger partial charge in [-0.15, -0.1) is 0 Å². The second-order valence-electron chi connectivity index (χ2n) is 5.72. The molecule has 1 amide bonds. The lowest BCUT2D eigenvalue weighted by Gasteiger charge is -2.11. The summed E-state index contributed by atoms with van der Waals surface area (Å²) in [5, 5.41) is 2.79. The van der Waals surface area contributed by atoms with E-state index < -0.39 is 0 Å². The number of carbonyl (C=O) groups is 1. The maximum absolute atomic E-state index is 12.1. The van der Waals surface area contributed by atoms with Crippen molar-refractivity contribution in [2.24, 2.45) is 0 Å². The van der Waals surface area contributed by atoms with Crippen molar-refractivity contribution >= 4 is 11.6 Å². The van der Waals surface area contributed by atoms with Crippen LogP contribution >= 0.6 is 0 Å². The Morgan fingerprint density at radius 2 is 1.67 bits per heavy atom. The Bertz CT molecular complexity index is 720. The van der Waals surface area contributed by atoms with Crippen LogP contribution in [0.2, 0.25) is 0 Å². The maximum Gasteiger partial charge on any atom is 0.262 e. The zero-order valence-electron chi connectivity index (χ0n) is 13.9. The number of nitrogens with one attached hydrogen (secondary N) is 1. The summed E-state index contributed by atoms with van der Waals surface area (Å²) >= 11 is 0. The number of carbonyl (C=O) groups excluding carboxylic acids is 1. The molecule has 0 bridgehead atoms. The number of rotatable bonds is 6. The average molecular weight is 327 g/mol. The number of hydrogen-bond acceptors (Lipinski definition) is 4. The lowest BCUT2D eigenvalue weighted by molar-refractivity contribution is -0.118. The molecule has 5 heteroatoms. The number of aryl methyl sites for hydroxylation is 2. The molecule has 0 aromatic heterocycles. The second kappa shape index (κ2) is 7.25. The summed E-state index contributed by atoms with van der Waals surface area (Å²) in [6.45, 7) is -0.0433. The van der Waals surface area contributed by atoms with Crippen LogP contribution in [0.1, 0.15) is 17.5 Å². The average Bonchev–Trinajstić information content (AvgIpc) is 3.07. The van der Waals surface area contributed by atoms with Crippen LogP contribution in [-0.2, 0) is 17.6 Å². The molecule has 0 aliphatic heterocycles. The van der Waals surface area contributed by atoms with Crippen LogP contribution in [0.3, 0.4) is 0 Å². The van der Waals surface area contributed by atoms with Crippen molar-refractivity contribution in [3.8, 4) is 17.2 Å². The van der Waals surface area contributed by atoms with E-state index in [1.807, 2.05) is 12.1 Å². The van der Waals surface area contributed by atoms with Gasteiger partial charge < -0.3 is 19.5 Å². The van der Waals surface area contributed by atoms with E-state index >= 15 is 0 Å². The number of fused-ring (bicyclic) bond motifs is 1. The highest BCUT2D eigenvalue weighted by atomic mass is 16.5. The molecule has 5 nitrogen and oxygen atoms in total. The molecule has 0 spiro atoms. The molecule has 0 heterocycles. The lowest BCUT2D eigenvalue weighted by Crippen LogP contribution is -2.20. The van der Waals surface area contributed by atoms with E-state index in [-0.39, 0.29) is 12.5 Å². The molecular formula is C19H21NO4. The molecule has 0 radical (unpaired) electrons. The zero-order chi connectivity index (χ0) is 16.9. The summed E-state index contributed by atoms with van der Waals surface area (Å²) in [4.78, 5) is 12.1. The first kappa shape index (κ1) is 16.2. The van der Waals surface area contributed by atoms with Crippen molar-refractivity contribution in [2.45, 2.75) is 19.3 Å². The van der Waals surface area contributed by atoms with E-state index in [1.54, 1.807) is 32.4 Å². The second-order valence-corrected chi connectivity index (χ2v) is 5.72. The van der Waals surface area contributed by atoms with Gasteiger partial charge in [0.1, 0.15) is 17.2 Å². The van der Waals surface area contributed by atoms with Crippen LogP contribution in [0.25, 0.3) is 0 Å². The highest BCUT2D eigenvalue weighted by molar-refractivity contribution is 5.92. The molecule has 0 fully saturated rings. The van der Waals surface area contributed by atoms with Crippen molar-refractivity contribution in [3.05, 3.63) is 47.5 Å². The van der Waals surface area contributed by atoms with Gasteiger partial charge in [0.05, 0.1) is 14.2 Å². The Morgan fingerprint density at radius 1 is 0.958 bits per heavy atom. The number of hydrogen-bond donors (Lipinski definition) is 1. The minimum atomic E-state index is -0.231. The number of amides is 1. The summed E-state index contributed by atoms with van der Waals surface area (Å²) in [5.41, 5.74) is 3.31. The fourth-order valence-corrected chi connectivity index (χ4v) is 2.86. The molecule has 126 valence electrons. The van der Waals surface area contributed by atoms with Crippen molar-refractivity contribution in [1.82, 2.24) is 0 Å². The summed E-state index contributed by atoms with van der Waals surface area (Å²) in [5.74, 6) is 1.73.